The van der Waals surface area contributed by atoms with Gasteiger partial charge in [-0.25, -0.2) is 0 Å². The SMILES string of the molecule is O=C(NCc1cccc(OC(F)F)c1)c1cn(C[C@H]2CCCNC2)nn1. The molecule has 26 heavy (non-hydrogen) atoms. The summed E-state index contributed by atoms with van der Waals surface area (Å²) in [4.78, 5) is 12.2. The molecule has 9 heteroatoms. The van der Waals surface area contributed by atoms with E-state index in [1.807, 2.05) is 0 Å². The van der Waals surface area contributed by atoms with Crippen molar-refractivity contribution in [2.24, 2.45) is 5.92 Å². The fourth-order valence-corrected chi connectivity index (χ4v) is 2.94. The van der Waals surface area contributed by atoms with E-state index in [2.05, 4.69) is 25.7 Å². The molecule has 0 bridgehead atoms. The second kappa shape index (κ2) is 8.70. The summed E-state index contributed by atoms with van der Waals surface area (Å²) in [5, 5.41) is 14.0. The molecule has 7 nitrogen and oxygen atoms in total. The molecule has 2 N–H and O–H groups in total. The highest BCUT2D eigenvalue weighted by atomic mass is 19.3. The Hall–Kier alpha value is -2.55. The fourth-order valence-electron chi connectivity index (χ4n) is 2.94. The van der Waals surface area contributed by atoms with E-state index in [1.54, 1.807) is 23.0 Å². The van der Waals surface area contributed by atoms with E-state index < -0.39 is 6.61 Å². The van der Waals surface area contributed by atoms with Crippen molar-refractivity contribution in [1.29, 1.82) is 0 Å². The molecule has 0 unspecified atom stereocenters. The number of nitrogens with one attached hydrogen (secondary N) is 2. The maximum atomic E-state index is 12.2. The smallest absolute Gasteiger partial charge is 0.387 e. The summed E-state index contributed by atoms with van der Waals surface area (Å²) < 4.78 is 30.5. The lowest BCUT2D eigenvalue weighted by Crippen LogP contribution is -2.32. The average molecular weight is 365 g/mol. The Labute approximate surface area is 149 Å². The Morgan fingerprint density at radius 2 is 2.35 bits per heavy atom. The highest BCUT2D eigenvalue weighted by Gasteiger charge is 2.16. The quantitative estimate of drug-likeness (QED) is 0.782. The largest absolute Gasteiger partial charge is 0.435 e. The van der Waals surface area contributed by atoms with Crippen LogP contribution in [0.1, 0.15) is 28.9 Å². The van der Waals surface area contributed by atoms with Crippen LogP contribution in [0.3, 0.4) is 0 Å². The first-order valence-electron chi connectivity index (χ1n) is 8.53. The third-order valence-corrected chi connectivity index (χ3v) is 4.19. The molecule has 1 fully saturated rings. The summed E-state index contributed by atoms with van der Waals surface area (Å²) >= 11 is 0. The topological polar surface area (TPSA) is 81.1 Å². The summed E-state index contributed by atoms with van der Waals surface area (Å²) in [5.41, 5.74) is 0.880. The van der Waals surface area contributed by atoms with Gasteiger partial charge in [0.1, 0.15) is 5.75 Å². The van der Waals surface area contributed by atoms with Crippen LogP contribution < -0.4 is 15.4 Å². The molecule has 1 saturated heterocycles. The van der Waals surface area contributed by atoms with Crippen LogP contribution in [0.2, 0.25) is 0 Å². The molecule has 0 aliphatic carbocycles. The average Bonchev–Trinajstić information content (AvgIpc) is 3.09. The van der Waals surface area contributed by atoms with Gasteiger partial charge in [0.25, 0.3) is 5.91 Å². The zero-order valence-electron chi connectivity index (χ0n) is 14.2. The monoisotopic (exact) mass is 365 g/mol. The minimum absolute atomic E-state index is 0.0544. The van der Waals surface area contributed by atoms with E-state index in [4.69, 9.17) is 0 Å². The van der Waals surface area contributed by atoms with Gasteiger partial charge in [0, 0.05) is 13.1 Å². The first kappa shape index (κ1) is 18.2. The summed E-state index contributed by atoms with van der Waals surface area (Å²) in [6.45, 7) is 0.0110. The Morgan fingerprint density at radius 1 is 1.46 bits per heavy atom. The first-order valence-corrected chi connectivity index (χ1v) is 8.53. The number of carbonyl (C=O) groups excluding carboxylic acids is 1. The summed E-state index contributed by atoms with van der Waals surface area (Å²) in [7, 11) is 0. The van der Waals surface area contributed by atoms with Gasteiger partial charge in [0.05, 0.1) is 6.20 Å². The minimum Gasteiger partial charge on any atom is -0.435 e. The van der Waals surface area contributed by atoms with Crippen LogP contribution in [0.25, 0.3) is 0 Å². The number of piperidine rings is 1. The van der Waals surface area contributed by atoms with Gasteiger partial charge in [-0.1, -0.05) is 17.3 Å². The Balaban J connectivity index is 1.52. The Morgan fingerprint density at radius 3 is 3.12 bits per heavy atom. The van der Waals surface area contributed by atoms with E-state index >= 15 is 0 Å². The molecule has 0 spiro atoms. The molecule has 3 rings (SSSR count). The molecule has 1 amide bonds. The predicted octanol–water partition coefficient (Wildman–Crippen LogP) is 1.81. The van der Waals surface area contributed by atoms with Crippen molar-refractivity contribution in [3.05, 3.63) is 41.7 Å². The molecule has 140 valence electrons. The second-order valence-electron chi connectivity index (χ2n) is 6.25. The van der Waals surface area contributed by atoms with Gasteiger partial charge in [-0.15, -0.1) is 5.10 Å². The zero-order chi connectivity index (χ0) is 18.4. The van der Waals surface area contributed by atoms with Crippen molar-refractivity contribution < 1.29 is 18.3 Å². The molecule has 2 heterocycles. The summed E-state index contributed by atoms with van der Waals surface area (Å²) in [5.74, 6) is 0.177. The fraction of sp³-hybridized carbons (Fsp3) is 0.471. The molecule has 2 aromatic rings. The van der Waals surface area contributed by atoms with Gasteiger partial charge in [0.15, 0.2) is 5.69 Å². The van der Waals surface area contributed by atoms with E-state index in [0.717, 1.165) is 32.5 Å². The van der Waals surface area contributed by atoms with E-state index in [9.17, 15) is 13.6 Å². The third-order valence-electron chi connectivity index (χ3n) is 4.19. The van der Waals surface area contributed by atoms with Crippen molar-refractivity contribution in [2.75, 3.05) is 13.1 Å². The maximum absolute atomic E-state index is 12.2. The molecule has 0 saturated carbocycles. The molecule has 1 aromatic carbocycles. The normalized spacial score (nSPS) is 17.3. The zero-order valence-corrected chi connectivity index (χ0v) is 14.2. The van der Waals surface area contributed by atoms with Gasteiger partial charge in [0.2, 0.25) is 0 Å². The Bertz CT molecular complexity index is 731. The number of aromatic nitrogens is 3. The number of rotatable bonds is 7. The highest BCUT2D eigenvalue weighted by molar-refractivity contribution is 5.91. The molecule has 1 aliphatic heterocycles. The van der Waals surface area contributed by atoms with Gasteiger partial charge >= 0.3 is 6.61 Å². The first-order chi connectivity index (χ1) is 12.6. The van der Waals surface area contributed by atoms with Gasteiger partial charge in [-0.3, -0.25) is 9.48 Å². The van der Waals surface area contributed by atoms with Crippen LogP contribution in [0.4, 0.5) is 8.78 Å². The molecular weight excluding hydrogens is 344 g/mol. The van der Waals surface area contributed by atoms with Crippen LogP contribution >= 0.6 is 0 Å². The minimum atomic E-state index is -2.88. The van der Waals surface area contributed by atoms with Crippen molar-refractivity contribution in [1.82, 2.24) is 25.6 Å². The number of ether oxygens (including phenoxy) is 1. The van der Waals surface area contributed by atoms with E-state index in [0.29, 0.717) is 11.5 Å². The molecule has 1 aromatic heterocycles. The maximum Gasteiger partial charge on any atom is 0.387 e. The number of halogens is 2. The van der Waals surface area contributed by atoms with Gasteiger partial charge in [-0.05, 0) is 49.5 Å². The lowest BCUT2D eigenvalue weighted by atomic mass is 10.00. The van der Waals surface area contributed by atoms with Crippen molar-refractivity contribution in [3.63, 3.8) is 0 Å². The van der Waals surface area contributed by atoms with Crippen LogP contribution in [0.15, 0.2) is 30.5 Å². The van der Waals surface area contributed by atoms with E-state index in [-0.39, 0.29) is 23.9 Å². The predicted molar refractivity (Wildman–Crippen MR) is 89.9 cm³/mol. The van der Waals surface area contributed by atoms with Crippen LogP contribution in [0.5, 0.6) is 5.75 Å². The summed E-state index contributed by atoms with van der Waals surface area (Å²) in [6.07, 6.45) is 3.90. The number of amides is 1. The van der Waals surface area contributed by atoms with Gasteiger partial charge < -0.3 is 15.4 Å². The van der Waals surface area contributed by atoms with Crippen molar-refractivity contribution >= 4 is 5.91 Å². The number of hydrogen-bond donors (Lipinski definition) is 2. The van der Waals surface area contributed by atoms with Gasteiger partial charge in [-0.2, -0.15) is 8.78 Å². The lowest BCUT2D eigenvalue weighted by molar-refractivity contribution is -0.0498. The Kier molecular flexibility index (Phi) is 6.11. The molecule has 1 atom stereocenters. The van der Waals surface area contributed by atoms with Crippen molar-refractivity contribution in [3.8, 4) is 5.75 Å². The highest BCUT2D eigenvalue weighted by Crippen LogP contribution is 2.16. The van der Waals surface area contributed by atoms with Crippen LogP contribution in [-0.4, -0.2) is 40.6 Å². The van der Waals surface area contributed by atoms with Crippen LogP contribution in [0, 0.1) is 5.92 Å². The lowest BCUT2D eigenvalue weighted by Gasteiger charge is -2.22. The second-order valence-corrected chi connectivity index (χ2v) is 6.25. The number of carbonyl (C=O) groups is 1. The summed E-state index contributed by atoms with van der Waals surface area (Å²) in [6, 6.07) is 6.20. The number of hydrogen-bond acceptors (Lipinski definition) is 5. The number of benzene rings is 1. The third kappa shape index (κ3) is 5.22. The number of alkyl halides is 2. The molecular formula is C17H21F2N5O2. The standard InChI is InChI=1S/C17H21F2N5O2/c18-17(19)26-14-5-1-3-12(7-14)9-21-16(25)15-11-24(23-22-15)10-13-4-2-6-20-8-13/h1,3,5,7,11,13,17,20H,2,4,6,8-10H2,(H,21,25)/t13-/m0/s1. The van der Waals surface area contributed by atoms with E-state index in [1.165, 1.54) is 12.1 Å². The van der Waals surface area contributed by atoms with Crippen molar-refractivity contribution in [2.45, 2.75) is 32.5 Å². The number of nitrogens with zero attached hydrogens (tertiary/aromatic N) is 3. The molecule has 1 aliphatic rings. The van der Waals surface area contributed by atoms with Crippen LogP contribution in [-0.2, 0) is 13.1 Å². The molecule has 0 radical (unpaired) electrons.